The van der Waals surface area contributed by atoms with Crippen molar-refractivity contribution in [1.29, 1.82) is 0 Å². The number of nitrogens with two attached hydrogens (primary N) is 1. The SMILES string of the molecule is COC(=O)C(N)CC(C)C(C)c1ccc(O)cc1. The van der Waals surface area contributed by atoms with Gasteiger partial charge in [0.25, 0.3) is 0 Å². The van der Waals surface area contributed by atoms with E-state index in [4.69, 9.17) is 5.73 Å². The highest BCUT2D eigenvalue weighted by Crippen LogP contribution is 2.28. The van der Waals surface area contributed by atoms with E-state index in [0.29, 0.717) is 6.42 Å². The first-order chi connectivity index (χ1) is 8.45. The zero-order chi connectivity index (χ0) is 13.7. The lowest BCUT2D eigenvalue weighted by molar-refractivity contribution is -0.142. The van der Waals surface area contributed by atoms with Crippen molar-refractivity contribution >= 4 is 5.97 Å². The number of rotatable bonds is 5. The second kappa shape index (κ2) is 6.40. The summed E-state index contributed by atoms with van der Waals surface area (Å²) in [6.45, 7) is 4.14. The van der Waals surface area contributed by atoms with Crippen molar-refractivity contribution in [3.63, 3.8) is 0 Å². The van der Waals surface area contributed by atoms with E-state index in [1.807, 2.05) is 12.1 Å². The molecule has 1 aromatic carbocycles. The van der Waals surface area contributed by atoms with Crippen LogP contribution in [0.1, 0.15) is 31.7 Å². The number of esters is 1. The van der Waals surface area contributed by atoms with Gasteiger partial charge >= 0.3 is 5.97 Å². The van der Waals surface area contributed by atoms with Crippen molar-refractivity contribution in [2.45, 2.75) is 32.2 Å². The molecule has 0 radical (unpaired) electrons. The largest absolute Gasteiger partial charge is 0.508 e. The van der Waals surface area contributed by atoms with Crippen molar-refractivity contribution < 1.29 is 14.6 Å². The Balaban J connectivity index is 2.63. The Morgan fingerprint density at radius 3 is 2.39 bits per heavy atom. The van der Waals surface area contributed by atoms with E-state index in [1.165, 1.54) is 7.11 Å². The van der Waals surface area contributed by atoms with E-state index >= 15 is 0 Å². The fraction of sp³-hybridized carbons (Fsp3) is 0.500. The van der Waals surface area contributed by atoms with Crippen LogP contribution in [0.5, 0.6) is 5.75 Å². The maximum absolute atomic E-state index is 11.3. The Kier molecular flexibility index (Phi) is 5.16. The smallest absolute Gasteiger partial charge is 0.322 e. The van der Waals surface area contributed by atoms with Crippen LogP contribution in [-0.2, 0) is 9.53 Å². The summed E-state index contributed by atoms with van der Waals surface area (Å²) in [5.74, 6) is 0.398. The lowest BCUT2D eigenvalue weighted by atomic mass is 9.85. The molecule has 0 aliphatic rings. The van der Waals surface area contributed by atoms with Crippen molar-refractivity contribution in [1.82, 2.24) is 0 Å². The number of ether oxygens (including phenoxy) is 1. The molecule has 4 heteroatoms. The molecule has 0 spiro atoms. The highest BCUT2D eigenvalue weighted by Gasteiger charge is 2.21. The normalized spacial score (nSPS) is 15.8. The summed E-state index contributed by atoms with van der Waals surface area (Å²) in [6, 6.07) is 6.53. The van der Waals surface area contributed by atoms with E-state index < -0.39 is 6.04 Å². The summed E-state index contributed by atoms with van der Waals surface area (Å²) < 4.78 is 4.62. The monoisotopic (exact) mass is 251 g/mol. The van der Waals surface area contributed by atoms with Crippen LogP contribution in [0.3, 0.4) is 0 Å². The number of phenols is 1. The van der Waals surface area contributed by atoms with Crippen molar-refractivity contribution in [3.8, 4) is 5.75 Å². The van der Waals surface area contributed by atoms with E-state index in [1.54, 1.807) is 12.1 Å². The predicted molar refractivity (Wildman–Crippen MR) is 70.3 cm³/mol. The molecule has 0 aliphatic carbocycles. The quantitative estimate of drug-likeness (QED) is 0.785. The van der Waals surface area contributed by atoms with Crippen LogP contribution >= 0.6 is 0 Å². The molecule has 100 valence electrons. The zero-order valence-corrected chi connectivity index (χ0v) is 11.1. The second-order valence-corrected chi connectivity index (χ2v) is 4.72. The average Bonchev–Trinajstić information content (AvgIpc) is 2.37. The Hall–Kier alpha value is -1.55. The number of methoxy groups -OCH3 is 1. The molecule has 0 bridgehead atoms. The van der Waals surface area contributed by atoms with Gasteiger partial charge in [-0.3, -0.25) is 4.79 Å². The minimum Gasteiger partial charge on any atom is -0.508 e. The molecule has 0 aliphatic heterocycles. The molecule has 0 amide bonds. The number of benzene rings is 1. The number of hydrogen-bond donors (Lipinski definition) is 2. The third-order valence-electron chi connectivity index (χ3n) is 3.40. The molecule has 0 saturated carbocycles. The number of carbonyl (C=O) groups excluding carboxylic acids is 1. The van der Waals surface area contributed by atoms with Gasteiger partial charge < -0.3 is 15.6 Å². The molecule has 0 heterocycles. The van der Waals surface area contributed by atoms with Gasteiger partial charge in [0.1, 0.15) is 11.8 Å². The number of carbonyl (C=O) groups is 1. The van der Waals surface area contributed by atoms with Gasteiger partial charge in [0.05, 0.1) is 7.11 Å². The Morgan fingerprint density at radius 2 is 1.89 bits per heavy atom. The summed E-state index contributed by atoms with van der Waals surface area (Å²) in [5, 5.41) is 9.25. The third kappa shape index (κ3) is 3.74. The molecular formula is C14H21NO3. The highest BCUT2D eigenvalue weighted by molar-refractivity contribution is 5.75. The molecule has 1 aromatic rings. The van der Waals surface area contributed by atoms with Gasteiger partial charge in [-0.15, -0.1) is 0 Å². The van der Waals surface area contributed by atoms with Gasteiger partial charge in [-0.1, -0.05) is 26.0 Å². The van der Waals surface area contributed by atoms with Crippen LogP contribution in [0.25, 0.3) is 0 Å². The number of aromatic hydroxyl groups is 1. The van der Waals surface area contributed by atoms with Crippen molar-refractivity contribution in [2.75, 3.05) is 7.11 Å². The predicted octanol–water partition coefficient (Wildman–Crippen LogP) is 2.02. The summed E-state index contributed by atoms with van der Waals surface area (Å²) in [5.41, 5.74) is 6.88. The molecule has 3 unspecified atom stereocenters. The van der Waals surface area contributed by atoms with Crippen LogP contribution in [0.15, 0.2) is 24.3 Å². The van der Waals surface area contributed by atoms with E-state index in [0.717, 1.165) is 5.56 Å². The lowest BCUT2D eigenvalue weighted by Crippen LogP contribution is -2.34. The standard InChI is InChI=1S/C14H21NO3/c1-9(8-13(15)14(17)18-3)10(2)11-4-6-12(16)7-5-11/h4-7,9-10,13,16H,8,15H2,1-3H3. The van der Waals surface area contributed by atoms with Crippen LogP contribution < -0.4 is 5.73 Å². The van der Waals surface area contributed by atoms with Crippen LogP contribution in [-0.4, -0.2) is 24.2 Å². The Labute approximate surface area is 108 Å². The maximum Gasteiger partial charge on any atom is 0.322 e. The summed E-state index contributed by atoms with van der Waals surface area (Å²) in [6.07, 6.45) is 0.578. The first-order valence-electron chi connectivity index (χ1n) is 6.08. The molecule has 0 aromatic heterocycles. The molecule has 0 fully saturated rings. The third-order valence-corrected chi connectivity index (χ3v) is 3.40. The fourth-order valence-corrected chi connectivity index (χ4v) is 1.96. The fourth-order valence-electron chi connectivity index (χ4n) is 1.96. The molecule has 1 rings (SSSR count). The second-order valence-electron chi connectivity index (χ2n) is 4.72. The van der Waals surface area contributed by atoms with Gasteiger partial charge in [-0.2, -0.15) is 0 Å². The number of phenolic OH excluding ortho intramolecular Hbond substituents is 1. The van der Waals surface area contributed by atoms with Gasteiger partial charge in [0, 0.05) is 0 Å². The number of hydrogen-bond acceptors (Lipinski definition) is 4. The summed E-state index contributed by atoms with van der Waals surface area (Å²) in [7, 11) is 1.34. The first kappa shape index (κ1) is 14.5. The molecular weight excluding hydrogens is 230 g/mol. The summed E-state index contributed by atoms with van der Waals surface area (Å²) >= 11 is 0. The lowest BCUT2D eigenvalue weighted by Gasteiger charge is -2.22. The maximum atomic E-state index is 11.3. The zero-order valence-electron chi connectivity index (χ0n) is 11.1. The molecule has 4 nitrogen and oxygen atoms in total. The minimum atomic E-state index is -0.579. The van der Waals surface area contributed by atoms with Crippen LogP contribution in [0, 0.1) is 5.92 Å². The summed E-state index contributed by atoms with van der Waals surface area (Å²) in [4.78, 5) is 11.3. The van der Waals surface area contributed by atoms with Gasteiger partial charge in [0.2, 0.25) is 0 Å². The van der Waals surface area contributed by atoms with E-state index in [-0.39, 0.29) is 23.6 Å². The van der Waals surface area contributed by atoms with Crippen LogP contribution in [0.2, 0.25) is 0 Å². The van der Waals surface area contributed by atoms with Gasteiger partial charge in [0.15, 0.2) is 0 Å². The topological polar surface area (TPSA) is 72.5 Å². The van der Waals surface area contributed by atoms with Crippen LogP contribution in [0.4, 0.5) is 0 Å². The Bertz CT molecular complexity index is 389. The minimum absolute atomic E-state index is 0.253. The molecule has 0 saturated heterocycles. The van der Waals surface area contributed by atoms with Crippen molar-refractivity contribution in [2.24, 2.45) is 11.7 Å². The molecule has 3 N–H and O–H groups in total. The van der Waals surface area contributed by atoms with E-state index in [2.05, 4.69) is 18.6 Å². The van der Waals surface area contributed by atoms with Crippen molar-refractivity contribution in [3.05, 3.63) is 29.8 Å². The van der Waals surface area contributed by atoms with Gasteiger partial charge in [-0.05, 0) is 36.0 Å². The van der Waals surface area contributed by atoms with Gasteiger partial charge in [-0.25, -0.2) is 0 Å². The molecule has 18 heavy (non-hydrogen) atoms. The Morgan fingerprint density at radius 1 is 1.33 bits per heavy atom. The molecule has 3 atom stereocenters. The van der Waals surface area contributed by atoms with E-state index in [9.17, 15) is 9.90 Å². The first-order valence-corrected chi connectivity index (χ1v) is 6.08. The average molecular weight is 251 g/mol. The highest BCUT2D eigenvalue weighted by atomic mass is 16.5.